The molecule has 9 heteroatoms. The van der Waals surface area contributed by atoms with Gasteiger partial charge in [-0.15, -0.1) is 0 Å². The molecule has 0 fully saturated rings. The average Bonchev–Trinajstić information content (AvgIpc) is 2.77. The van der Waals surface area contributed by atoms with E-state index in [1.807, 2.05) is 19.1 Å². The Bertz CT molecular complexity index is 1400. The molecule has 0 saturated heterocycles. The van der Waals surface area contributed by atoms with Crippen LogP contribution in [0.4, 0.5) is 5.69 Å². The number of hydrogen-bond donors (Lipinski definition) is 1. The van der Waals surface area contributed by atoms with Crippen molar-refractivity contribution in [3.63, 3.8) is 0 Å². The van der Waals surface area contributed by atoms with Crippen molar-refractivity contribution < 1.29 is 27.5 Å². The SMILES string of the molecule is Cc1cc(I)ccc1NC(=O)COC(=O)c1ccc2c(c1)S(=O)(=O)c1ccccc1C2=O. The minimum Gasteiger partial charge on any atom is -0.452 e. The van der Waals surface area contributed by atoms with Gasteiger partial charge in [0.2, 0.25) is 9.84 Å². The zero-order valence-electron chi connectivity index (χ0n) is 16.7. The van der Waals surface area contributed by atoms with Crippen LogP contribution in [-0.4, -0.2) is 32.7 Å². The second kappa shape index (κ2) is 8.47. The summed E-state index contributed by atoms with van der Waals surface area (Å²) in [6.07, 6.45) is 0. The number of esters is 1. The van der Waals surface area contributed by atoms with Gasteiger partial charge in [0.25, 0.3) is 5.91 Å². The largest absolute Gasteiger partial charge is 0.452 e. The van der Waals surface area contributed by atoms with Crippen LogP contribution in [0.15, 0.2) is 70.5 Å². The minimum atomic E-state index is -3.98. The summed E-state index contributed by atoms with van der Waals surface area (Å²) in [4.78, 5) is 36.9. The number of ketones is 1. The Morgan fingerprint density at radius 1 is 0.969 bits per heavy atom. The summed E-state index contributed by atoms with van der Waals surface area (Å²) in [5.41, 5.74) is 1.48. The molecule has 1 N–H and O–H groups in total. The summed E-state index contributed by atoms with van der Waals surface area (Å²) in [6.45, 7) is 1.30. The molecule has 1 aliphatic heterocycles. The van der Waals surface area contributed by atoms with E-state index in [0.717, 1.165) is 15.2 Å². The Balaban J connectivity index is 1.52. The number of halogens is 1. The molecule has 0 radical (unpaired) electrons. The number of anilines is 1. The van der Waals surface area contributed by atoms with Gasteiger partial charge < -0.3 is 10.1 Å². The molecule has 0 bridgehead atoms. The fourth-order valence-corrected chi connectivity index (χ4v) is 5.70. The lowest BCUT2D eigenvalue weighted by molar-refractivity contribution is -0.119. The van der Waals surface area contributed by atoms with Crippen LogP contribution in [0.2, 0.25) is 0 Å². The highest BCUT2D eigenvalue weighted by atomic mass is 127. The molecular formula is C23H16INO6S. The van der Waals surface area contributed by atoms with Crippen LogP contribution < -0.4 is 5.32 Å². The van der Waals surface area contributed by atoms with Crippen LogP contribution in [-0.2, 0) is 19.4 Å². The van der Waals surface area contributed by atoms with Crippen molar-refractivity contribution >= 4 is 55.8 Å². The lowest BCUT2D eigenvalue weighted by Crippen LogP contribution is -2.23. The first-order valence-electron chi connectivity index (χ1n) is 9.44. The van der Waals surface area contributed by atoms with E-state index in [0.29, 0.717) is 5.69 Å². The van der Waals surface area contributed by atoms with E-state index in [1.54, 1.807) is 12.1 Å². The number of carbonyl (C=O) groups excluding carboxylic acids is 3. The smallest absolute Gasteiger partial charge is 0.338 e. The number of benzene rings is 3. The van der Waals surface area contributed by atoms with Gasteiger partial charge in [0.05, 0.1) is 15.4 Å². The first-order valence-corrected chi connectivity index (χ1v) is 12.0. The zero-order chi connectivity index (χ0) is 23.0. The van der Waals surface area contributed by atoms with Gasteiger partial charge >= 0.3 is 5.97 Å². The van der Waals surface area contributed by atoms with Gasteiger partial charge in [-0.1, -0.05) is 12.1 Å². The maximum atomic E-state index is 13.0. The topological polar surface area (TPSA) is 107 Å². The van der Waals surface area contributed by atoms with Crippen LogP contribution >= 0.6 is 22.6 Å². The monoisotopic (exact) mass is 561 g/mol. The first-order chi connectivity index (χ1) is 15.2. The van der Waals surface area contributed by atoms with Crippen LogP contribution in [0.3, 0.4) is 0 Å². The highest BCUT2D eigenvalue weighted by Gasteiger charge is 2.35. The van der Waals surface area contributed by atoms with E-state index < -0.39 is 34.1 Å². The number of amides is 1. The molecule has 7 nitrogen and oxygen atoms in total. The predicted molar refractivity (Wildman–Crippen MR) is 125 cm³/mol. The summed E-state index contributed by atoms with van der Waals surface area (Å²) in [6, 6.07) is 15.1. The second-order valence-corrected chi connectivity index (χ2v) is 10.3. The first kappa shape index (κ1) is 22.2. The van der Waals surface area contributed by atoms with Gasteiger partial charge in [-0.25, -0.2) is 13.2 Å². The van der Waals surface area contributed by atoms with Crippen LogP contribution in [0.5, 0.6) is 0 Å². The third-order valence-corrected chi connectivity index (χ3v) is 7.49. The molecule has 0 aromatic heterocycles. The average molecular weight is 561 g/mol. The van der Waals surface area contributed by atoms with Gasteiger partial charge in [-0.3, -0.25) is 9.59 Å². The summed E-state index contributed by atoms with van der Waals surface area (Å²) in [7, 11) is -3.98. The molecule has 1 aliphatic rings. The van der Waals surface area contributed by atoms with Crippen LogP contribution in [0, 0.1) is 10.5 Å². The van der Waals surface area contributed by atoms with Crippen LogP contribution in [0.1, 0.15) is 31.8 Å². The van der Waals surface area contributed by atoms with Gasteiger partial charge in [-0.05, 0) is 83.6 Å². The third-order valence-electron chi connectivity index (χ3n) is 4.97. The number of ether oxygens (including phenoxy) is 1. The molecule has 0 saturated carbocycles. The molecule has 0 atom stereocenters. The van der Waals surface area contributed by atoms with Gasteiger partial charge in [0, 0.05) is 20.4 Å². The Hall–Kier alpha value is -3.05. The third kappa shape index (κ3) is 4.05. The molecule has 3 aromatic rings. The number of sulfone groups is 1. The molecular weight excluding hydrogens is 545 g/mol. The van der Waals surface area contributed by atoms with Gasteiger partial charge in [0.15, 0.2) is 12.4 Å². The van der Waals surface area contributed by atoms with Crippen molar-refractivity contribution in [3.8, 4) is 0 Å². The van der Waals surface area contributed by atoms with Crippen LogP contribution in [0.25, 0.3) is 0 Å². The minimum absolute atomic E-state index is 0.00724. The predicted octanol–water partition coefficient (Wildman–Crippen LogP) is 3.77. The molecule has 0 spiro atoms. The standard InChI is InChI=1S/C23H16INO6S/c1-13-10-15(24)7-9-18(13)25-21(26)12-31-23(28)14-6-8-17-20(11-14)32(29,30)19-5-3-2-4-16(19)22(17)27/h2-11H,12H2,1H3,(H,25,26). The fourth-order valence-electron chi connectivity index (χ4n) is 3.38. The molecule has 4 rings (SSSR count). The van der Waals surface area contributed by atoms with Crippen molar-refractivity contribution in [3.05, 3.63) is 86.5 Å². The van der Waals surface area contributed by atoms with Crippen molar-refractivity contribution in [2.45, 2.75) is 16.7 Å². The number of nitrogens with one attached hydrogen (secondary N) is 1. The summed E-state index contributed by atoms with van der Waals surface area (Å²) in [5, 5.41) is 2.66. The number of hydrogen-bond acceptors (Lipinski definition) is 6. The Morgan fingerprint density at radius 3 is 2.44 bits per heavy atom. The summed E-state index contributed by atoms with van der Waals surface area (Å²) < 4.78 is 32.0. The quantitative estimate of drug-likeness (QED) is 0.301. The molecule has 0 unspecified atom stereocenters. The lowest BCUT2D eigenvalue weighted by Gasteiger charge is -2.19. The molecule has 162 valence electrons. The Kier molecular flexibility index (Phi) is 5.87. The molecule has 1 heterocycles. The van der Waals surface area contributed by atoms with Gasteiger partial charge in [-0.2, -0.15) is 0 Å². The fraction of sp³-hybridized carbons (Fsp3) is 0.0870. The number of aryl methyl sites for hydroxylation is 1. The van der Waals surface area contributed by atoms with E-state index in [-0.39, 0.29) is 26.5 Å². The van der Waals surface area contributed by atoms with Crippen molar-refractivity contribution in [1.82, 2.24) is 0 Å². The van der Waals surface area contributed by atoms with E-state index in [4.69, 9.17) is 4.74 Å². The van der Waals surface area contributed by atoms with E-state index in [2.05, 4.69) is 27.9 Å². The highest BCUT2D eigenvalue weighted by Crippen LogP contribution is 2.34. The number of rotatable bonds is 4. The molecule has 3 aromatic carbocycles. The number of fused-ring (bicyclic) bond motifs is 2. The van der Waals surface area contributed by atoms with Crippen molar-refractivity contribution in [1.29, 1.82) is 0 Å². The Morgan fingerprint density at radius 2 is 1.69 bits per heavy atom. The van der Waals surface area contributed by atoms with E-state index in [9.17, 15) is 22.8 Å². The second-order valence-electron chi connectivity index (χ2n) is 7.12. The molecule has 0 aliphatic carbocycles. The Labute approximate surface area is 197 Å². The number of carbonyl (C=O) groups is 3. The maximum absolute atomic E-state index is 13.0. The van der Waals surface area contributed by atoms with Crippen molar-refractivity contribution in [2.24, 2.45) is 0 Å². The van der Waals surface area contributed by atoms with Gasteiger partial charge in [0.1, 0.15) is 0 Å². The van der Waals surface area contributed by atoms with E-state index >= 15 is 0 Å². The normalized spacial score (nSPS) is 13.6. The lowest BCUT2D eigenvalue weighted by atomic mass is 10.0. The zero-order valence-corrected chi connectivity index (χ0v) is 19.7. The van der Waals surface area contributed by atoms with Crippen molar-refractivity contribution in [2.75, 3.05) is 11.9 Å². The van der Waals surface area contributed by atoms with E-state index in [1.165, 1.54) is 30.3 Å². The molecule has 1 amide bonds. The molecule has 32 heavy (non-hydrogen) atoms. The maximum Gasteiger partial charge on any atom is 0.338 e. The highest BCUT2D eigenvalue weighted by molar-refractivity contribution is 14.1. The summed E-state index contributed by atoms with van der Waals surface area (Å²) >= 11 is 2.16. The summed E-state index contributed by atoms with van der Waals surface area (Å²) in [5.74, 6) is -1.83.